The van der Waals surface area contributed by atoms with Gasteiger partial charge in [-0.3, -0.25) is 4.79 Å². The summed E-state index contributed by atoms with van der Waals surface area (Å²) in [6.07, 6.45) is -2.18. The number of fused-ring (bicyclic) bond motifs is 1. The molecule has 3 nitrogen and oxygen atoms in total. The Morgan fingerprint density at radius 1 is 1.07 bits per heavy atom. The van der Waals surface area contributed by atoms with Gasteiger partial charge in [-0.2, -0.15) is 13.2 Å². The predicted molar refractivity (Wildman–Crippen MR) is 99.9 cm³/mol. The van der Waals surface area contributed by atoms with Gasteiger partial charge in [-0.15, -0.1) is 0 Å². The zero-order valence-electron chi connectivity index (χ0n) is 15.4. The zero-order valence-corrected chi connectivity index (χ0v) is 15.4. The Kier molecular flexibility index (Phi) is 4.44. The number of ether oxygens (including phenoxy) is 1. The number of carbonyl (C=O) groups excluding carboxylic acids is 1. The van der Waals surface area contributed by atoms with Crippen molar-refractivity contribution in [3.63, 3.8) is 0 Å². The summed E-state index contributed by atoms with van der Waals surface area (Å²) in [5.41, 5.74) is 3.42. The maximum Gasteiger partial charge on any atom is 0.471 e. The molecular formula is C22H20F3NO2. The lowest BCUT2D eigenvalue weighted by Gasteiger charge is -2.43. The third kappa shape index (κ3) is 3.39. The second-order valence-corrected chi connectivity index (χ2v) is 7.38. The fourth-order valence-electron chi connectivity index (χ4n) is 3.90. The van der Waals surface area contributed by atoms with Gasteiger partial charge in [0.1, 0.15) is 11.4 Å². The summed E-state index contributed by atoms with van der Waals surface area (Å²) >= 11 is 0. The van der Waals surface area contributed by atoms with E-state index in [1.165, 1.54) is 0 Å². The van der Waals surface area contributed by atoms with Crippen LogP contribution in [0.4, 0.5) is 13.2 Å². The summed E-state index contributed by atoms with van der Waals surface area (Å²) in [6, 6.07) is 15.8. The molecule has 0 saturated carbocycles. The molecule has 146 valence electrons. The topological polar surface area (TPSA) is 29.5 Å². The van der Waals surface area contributed by atoms with Crippen LogP contribution in [0.3, 0.4) is 0 Å². The van der Waals surface area contributed by atoms with Crippen molar-refractivity contribution in [2.75, 3.05) is 13.1 Å². The lowest BCUT2D eigenvalue weighted by molar-refractivity contribution is -0.187. The van der Waals surface area contributed by atoms with Gasteiger partial charge in [0.2, 0.25) is 0 Å². The molecule has 2 aromatic carbocycles. The highest BCUT2D eigenvalue weighted by Gasteiger charge is 2.46. The third-order valence-corrected chi connectivity index (χ3v) is 5.37. The normalized spacial score (nSPS) is 18.3. The number of carbonyl (C=O) groups is 1. The van der Waals surface area contributed by atoms with E-state index in [0.29, 0.717) is 12.8 Å². The smallest absolute Gasteiger partial charge is 0.471 e. The van der Waals surface area contributed by atoms with Crippen molar-refractivity contribution >= 4 is 11.5 Å². The largest absolute Gasteiger partial charge is 0.482 e. The van der Waals surface area contributed by atoms with Crippen LogP contribution in [0.5, 0.6) is 5.75 Å². The highest BCUT2D eigenvalue weighted by atomic mass is 19.4. The second-order valence-electron chi connectivity index (χ2n) is 7.38. The van der Waals surface area contributed by atoms with Crippen LogP contribution in [0.2, 0.25) is 0 Å². The van der Waals surface area contributed by atoms with Gasteiger partial charge in [0.25, 0.3) is 0 Å². The summed E-state index contributed by atoms with van der Waals surface area (Å²) in [4.78, 5) is 12.4. The van der Waals surface area contributed by atoms with Gasteiger partial charge in [-0.25, -0.2) is 0 Å². The van der Waals surface area contributed by atoms with E-state index in [1.807, 2.05) is 55.5 Å². The molecule has 0 N–H and O–H groups in total. The molecule has 2 heterocycles. The van der Waals surface area contributed by atoms with E-state index < -0.39 is 17.7 Å². The Balaban J connectivity index is 1.68. The first-order valence-corrected chi connectivity index (χ1v) is 9.22. The van der Waals surface area contributed by atoms with E-state index in [9.17, 15) is 18.0 Å². The third-order valence-electron chi connectivity index (χ3n) is 5.37. The summed E-state index contributed by atoms with van der Waals surface area (Å²) in [7, 11) is 0. The van der Waals surface area contributed by atoms with Gasteiger partial charge in [0.15, 0.2) is 0 Å². The van der Waals surface area contributed by atoms with Crippen molar-refractivity contribution in [2.24, 2.45) is 0 Å². The summed E-state index contributed by atoms with van der Waals surface area (Å²) < 4.78 is 44.5. The molecule has 0 unspecified atom stereocenters. The number of alkyl halides is 3. The van der Waals surface area contributed by atoms with Crippen LogP contribution in [0.15, 0.2) is 54.6 Å². The number of hydrogen-bond donors (Lipinski definition) is 0. The van der Waals surface area contributed by atoms with Crippen molar-refractivity contribution in [3.05, 3.63) is 71.3 Å². The molecule has 28 heavy (non-hydrogen) atoms. The quantitative estimate of drug-likeness (QED) is 0.707. The molecule has 1 amide bonds. The van der Waals surface area contributed by atoms with Crippen molar-refractivity contribution in [2.45, 2.75) is 31.5 Å². The second kappa shape index (κ2) is 6.69. The molecule has 0 atom stereocenters. The summed E-state index contributed by atoms with van der Waals surface area (Å²) in [5.74, 6) is -1.05. The Morgan fingerprint density at radius 2 is 1.75 bits per heavy atom. The molecule has 2 aliphatic heterocycles. The van der Waals surface area contributed by atoms with Crippen LogP contribution in [-0.4, -0.2) is 35.7 Å². The highest BCUT2D eigenvalue weighted by Crippen LogP contribution is 2.43. The average Bonchev–Trinajstić information content (AvgIpc) is 2.68. The van der Waals surface area contributed by atoms with E-state index in [1.54, 1.807) is 0 Å². The Morgan fingerprint density at radius 3 is 2.39 bits per heavy atom. The molecule has 0 aromatic heterocycles. The number of aryl methyl sites for hydroxylation is 1. The van der Waals surface area contributed by atoms with Gasteiger partial charge < -0.3 is 9.64 Å². The molecule has 2 aromatic rings. The fraction of sp³-hybridized carbons (Fsp3) is 0.318. The van der Waals surface area contributed by atoms with Crippen LogP contribution >= 0.6 is 0 Å². The van der Waals surface area contributed by atoms with Crippen LogP contribution in [0, 0.1) is 6.92 Å². The van der Waals surface area contributed by atoms with Crippen molar-refractivity contribution in [1.82, 2.24) is 4.90 Å². The van der Waals surface area contributed by atoms with Gasteiger partial charge in [-0.05, 0) is 36.3 Å². The average molecular weight is 387 g/mol. The number of hydrogen-bond acceptors (Lipinski definition) is 2. The number of benzene rings is 2. The molecular weight excluding hydrogens is 367 g/mol. The minimum Gasteiger partial charge on any atom is -0.482 e. The molecule has 0 bridgehead atoms. The number of amides is 1. The SMILES string of the molecule is Cc1ccc2c(c1)C(c1ccccc1)=CC1(CCN(C(=O)C(F)(F)F)CC1)O2. The van der Waals surface area contributed by atoms with Gasteiger partial charge in [-0.1, -0.05) is 42.0 Å². The molecule has 1 saturated heterocycles. The van der Waals surface area contributed by atoms with Gasteiger partial charge in [0.05, 0.1) is 0 Å². The number of nitrogens with zero attached hydrogens (tertiary/aromatic N) is 1. The van der Waals surface area contributed by atoms with E-state index in [4.69, 9.17) is 4.74 Å². The van der Waals surface area contributed by atoms with E-state index in [-0.39, 0.29) is 13.1 Å². The molecule has 2 aliphatic rings. The Labute approximate surface area is 161 Å². The van der Waals surface area contributed by atoms with Crippen LogP contribution in [0.25, 0.3) is 5.57 Å². The molecule has 4 rings (SSSR count). The van der Waals surface area contributed by atoms with E-state index in [0.717, 1.165) is 32.9 Å². The monoisotopic (exact) mass is 387 g/mol. The van der Waals surface area contributed by atoms with Crippen LogP contribution in [0.1, 0.15) is 29.5 Å². The lowest BCUT2D eigenvalue weighted by Crippen LogP contribution is -2.52. The van der Waals surface area contributed by atoms with Gasteiger partial charge in [0, 0.05) is 31.5 Å². The highest BCUT2D eigenvalue weighted by molar-refractivity contribution is 5.85. The van der Waals surface area contributed by atoms with Gasteiger partial charge >= 0.3 is 12.1 Å². The first-order valence-electron chi connectivity index (χ1n) is 9.22. The molecule has 6 heteroatoms. The van der Waals surface area contributed by atoms with E-state index >= 15 is 0 Å². The fourth-order valence-corrected chi connectivity index (χ4v) is 3.90. The summed E-state index contributed by atoms with van der Waals surface area (Å²) in [6.45, 7) is 2.03. The standard InChI is InChI=1S/C22H20F3NO2/c1-15-7-8-19-17(13-15)18(16-5-3-2-4-6-16)14-21(28-19)9-11-26(12-10-21)20(27)22(23,24)25/h2-8,13-14H,9-12H2,1H3. The Bertz CT molecular complexity index is 927. The van der Waals surface area contributed by atoms with E-state index in [2.05, 4.69) is 6.07 Å². The van der Waals surface area contributed by atoms with Crippen LogP contribution in [-0.2, 0) is 4.79 Å². The number of rotatable bonds is 1. The van der Waals surface area contributed by atoms with Crippen molar-refractivity contribution in [3.8, 4) is 5.75 Å². The van der Waals surface area contributed by atoms with Crippen molar-refractivity contribution < 1.29 is 22.7 Å². The number of halogens is 3. The Hall–Kier alpha value is -2.76. The lowest BCUT2D eigenvalue weighted by atomic mass is 9.82. The minimum absolute atomic E-state index is 0.0120. The maximum atomic E-state index is 12.8. The summed E-state index contributed by atoms with van der Waals surface area (Å²) in [5, 5.41) is 0. The maximum absolute atomic E-state index is 12.8. The van der Waals surface area contributed by atoms with Crippen molar-refractivity contribution in [1.29, 1.82) is 0 Å². The first kappa shape index (κ1) is 18.6. The molecule has 1 spiro atoms. The van der Waals surface area contributed by atoms with Crippen LogP contribution < -0.4 is 4.74 Å². The number of piperidine rings is 1. The first-order chi connectivity index (χ1) is 13.3. The number of likely N-dealkylation sites (tertiary alicyclic amines) is 1. The minimum atomic E-state index is -4.84. The molecule has 0 radical (unpaired) electrons. The molecule has 1 fully saturated rings. The predicted octanol–water partition coefficient (Wildman–Crippen LogP) is 4.74. The molecule has 0 aliphatic carbocycles. The zero-order chi connectivity index (χ0) is 19.9.